The van der Waals surface area contributed by atoms with Crippen molar-refractivity contribution < 1.29 is 13.7 Å². The lowest BCUT2D eigenvalue weighted by Gasteiger charge is -2.11. The molecule has 0 bridgehead atoms. The van der Waals surface area contributed by atoms with Crippen LogP contribution in [0.2, 0.25) is 0 Å². The second-order valence-corrected chi connectivity index (χ2v) is 8.56. The molecular formula is C16H18O3S. The van der Waals surface area contributed by atoms with Crippen molar-refractivity contribution in [2.45, 2.75) is 0 Å². The Kier molecular flexibility index (Phi) is 4.35. The molecule has 0 fully saturated rings. The minimum atomic E-state index is -2.33. The summed E-state index contributed by atoms with van der Waals surface area (Å²) in [7, 11) is -2.33. The first-order chi connectivity index (χ1) is 9.44. The van der Waals surface area contributed by atoms with Crippen molar-refractivity contribution in [2.24, 2.45) is 0 Å². The van der Waals surface area contributed by atoms with E-state index in [0.717, 1.165) is 5.75 Å². The van der Waals surface area contributed by atoms with Gasteiger partial charge in [-0.25, -0.2) is 0 Å². The fourth-order valence-corrected chi connectivity index (χ4v) is 2.64. The number of hydrogen-bond acceptors (Lipinski definition) is 3. The van der Waals surface area contributed by atoms with E-state index in [1.807, 2.05) is 30.3 Å². The van der Waals surface area contributed by atoms with Crippen molar-refractivity contribution in [3.8, 4) is 11.5 Å². The van der Waals surface area contributed by atoms with Crippen molar-refractivity contribution in [1.29, 1.82) is 0 Å². The molecule has 0 heterocycles. The van der Waals surface area contributed by atoms with Crippen LogP contribution in [0.15, 0.2) is 54.6 Å². The van der Waals surface area contributed by atoms with Crippen LogP contribution in [-0.2, 0) is 9.93 Å². The molecule has 0 amide bonds. The fourth-order valence-electron chi connectivity index (χ4n) is 1.77. The second-order valence-electron chi connectivity index (χ2n) is 5.09. The quantitative estimate of drug-likeness (QED) is 0.680. The average Bonchev–Trinajstić information content (AvgIpc) is 2.39. The minimum absolute atomic E-state index is 0.0930. The molecule has 3 nitrogen and oxygen atoms in total. The normalized spacial score (nSPS) is 11.9. The molecule has 20 heavy (non-hydrogen) atoms. The third-order valence-corrected chi connectivity index (χ3v) is 3.73. The Balaban J connectivity index is 2.07. The number of benzene rings is 2. The highest BCUT2D eigenvalue weighted by atomic mass is 32.2. The number of carbonyl (C=O) groups excluding carboxylic acids is 1. The maximum Gasteiger partial charge on any atom is 0.173 e. The lowest BCUT2D eigenvalue weighted by atomic mass is 10.1. The summed E-state index contributed by atoms with van der Waals surface area (Å²) in [6, 6.07) is 16.3. The van der Waals surface area contributed by atoms with Crippen LogP contribution < -0.4 is 4.74 Å². The van der Waals surface area contributed by atoms with Crippen molar-refractivity contribution >= 4 is 15.7 Å². The number of ketones is 1. The molecule has 106 valence electrons. The lowest BCUT2D eigenvalue weighted by Crippen LogP contribution is -2.20. The van der Waals surface area contributed by atoms with Crippen LogP contribution in [0.25, 0.3) is 0 Å². The maximum atomic E-state index is 11.9. The van der Waals surface area contributed by atoms with E-state index in [1.165, 1.54) is 0 Å². The molecule has 0 aliphatic carbocycles. The van der Waals surface area contributed by atoms with Gasteiger partial charge in [-0.05, 0) is 48.9 Å². The van der Waals surface area contributed by atoms with Crippen LogP contribution >= 0.6 is 0 Å². The van der Waals surface area contributed by atoms with Gasteiger partial charge in [-0.15, -0.1) is 9.93 Å². The Hall–Kier alpha value is -1.94. The van der Waals surface area contributed by atoms with Gasteiger partial charge in [-0.3, -0.25) is 9.00 Å². The van der Waals surface area contributed by atoms with E-state index in [9.17, 15) is 9.00 Å². The van der Waals surface area contributed by atoms with Gasteiger partial charge in [0.1, 0.15) is 11.5 Å². The molecule has 0 aromatic heterocycles. The minimum Gasteiger partial charge on any atom is -0.457 e. The first kappa shape index (κ1) is 14.5. The third-order valence-electron chi connectivity index (χ3n) is 2.68. The molecule has 0 atom stereocenters. The highest BCUT2D eigenvalue weighted by Gasteiger charge is 2.11. The van der Waals surface area contributed by atoms with Gasteiger partial charge < -0.3 is 4.74 Å². The summed E-state index contributed by atoms with van der Waals surface area (Å²) >= 11 is 0. The number of carbonyl (C=O) groups is 1. The lowest BCUT2D eigenvalue weighted by molar-refractivity contribution is 0.102. The molecule has 0 radical (unpaired) electrons. The summed E-state index contributed by atoms with van der Waals surface area (Å²) in [6.07, 6.45) is 3.25. The summed E-state index contributed by atoms with van der Waals surface area (Å²) in [5.74, 6) is 1.43. The molecule has 2 aromatic rings. The van der Waals surface area contributed by atoms with Crippen LogP contribution in [0.4, 0.5) is 0 Å². The first-order valence-electron chi connectivity index (χ1n) is 6.34. The number of hydrogen-bond donors (Lipinski definition) is 1. The van der Waals surface area contributed by atoms with E-state index >= 15 is 0 Å². The van der Waals surface area contributed by atoms with Crippen molar-refractivity contribution in [1.82, 2.24) is 0 Å². The fraction of sp³-hybridized carbons (Fsp3) is 0.188. The Labute approximate surface area is 120 Å². The van der Waals surface area contributed by atoms with Crippen LogP contribution in [0, 0.1) is 0 Å². The zero-order valence-corrected chi connectivity index (χ0v) is 12.5. The van der Waals surface area contributed by atoms with E-state index in [4.69, 9.17) is 4.74 Å². The van der Waals surface area contributed by atoms with E-state index in [2.05, 4.69) is 0 Å². The van der Waals surface area contributed by atoms with E-state index in [1.54, 1.807) is 36.8 Å². The molecule has 0 unspecified atom stereocenters. The summed E-state index contributed by atoms with van der Waals surface area (Å²) in [4.78, 5) is 11.9. The standard InChI is InChI=1S/C16H18O3S/c1-20(2,18)12-16(17)13-8-10-15(11-9-13)19-14-6-4-3-5-7-14/h3-11,20H,12H2,1-2H3. The topological polar surface area (TPSA) is 43.4 Å². The predicted molar refractivity (Wildman–Crippen MR) is 83.5 cm³/mol. The average molecular weight is 290 g/mol. The number of rotatable bonds is 5. The summed E-state index contributed by atoms with van der Waals surface area (Å²) in [6.45, 7) is 0. The van der Waals surface area contributed by atoms with Crippen molar-refractivity contribution in [3.05, 3.63) is 60.2 Å². The van der Waals surface area contributed by atoms with E-state index < -0.39 is 9.93 Å². The summed E-state index contributed by atoms with van der Waals surface area (Å²) in [5.41, 5.74) is 0.564. The first-order valence-corrected chi connectivity index (χ1v) is 9.13. The molecule has 2 aromatic carbocycles. The molecule has 0 saturated carbocycles. The molecule has 4 heteroatoms. The zero-order chi connectivity index (χ0) is 14.6. The third kappa shape index (κ3) is 4.31. The molecule has 0 spiro atoms. The predicted octanol–water partition coefficient (Wildman–Crippen LogP) is 2.94. The van der Waals surface area contributed by atoms with E-state index in [0.29, 0.717) is 11.3 Å². The monoisotopic (exact) mass is 290 g/mol. The molecule has 0 aliphatic heterocycles. The van der Waals surface area contributed by atoms with E-state index in [-0.39, 0.29) is 11.5 Å². The number of thiol groups is 1. The molecule has 2 rings (SSSR count). The number of Topliss-reactive ketones (excluding diaryl/α,β-unsaturated/α-hetero) is 1. The zero-order valence-electron chi connectivity index (χ0n) is 11.6. The Morgan fingerprint density at radius 2 is 1.50 bits per heavy atom. The largest absolute Gasteiger partial charge is 0.457 e. The molecular weight excluding hydrogens is 272 g/mol. The van der Waals surface area contributed by atoms with Gasteiger partial charge in [0.05, 0.1) is 5.75 Å². The summed E-state index contributed by atoms with van der Waals surface area (Å²) < 4.78 is 17.3. The molecule has 0 N–H and O–H groups in total. The van der Waals surface area contributed by atoms with Crippen molar-refractivity contribution in [3.63, 3.8) is 0 Å². The highest BCUT2D eigenvalue weighted by molar-refractivity contribution is 8.02. The van der Waals surface area contributed by atoms with Crippen LogP contribution in [0.5, 0.6) is 11.5 Å². The number of ether oxygens (including phenoxy) is 1. The van der Waals surface area contributed by atoms with Gasteiger partial charge in [-0.2, -0.15) is 0 Å². The molecule has 0 saturated heterocycles. The van der Waals surface area contributed by atoms with Crippen LogP contribution in [-0.4, -0.2) is 28.3 Å². The van der Waals surface area contributed by atoms with Crippen molar-refractivity contribution in [2.75, 3.05) is 18.3 Å². The maximum absolute atomic E-state index is 11.9. The second kappa shape index (κ2) is 6.01. The Morgan fingerprint density at radius 3 is 2.05 bits per heavy atom. The van der Waals surface area contributed by atoms with Crippen LogP contribution in [0.3, 0.4) is 0 Å². The van der Waals surface area contributed by atoms with Gasteiger partial charge in [0.25, 0.3) is 0 Å². The van der Waals surface area contributed by atoms with Gasteiger partial charge in [0, 0.05) is 5.56 Å². The molecule has 0 aliphatic rings. The Bertz CT molecular complexity index is 627. The van der Waals surface area contributed by atoms with Crippen LogP contribution in [0.1, 0.15) is 10.4 Å². The smallest absolute Gasteiger partial charge is 0.173 e. The van der Waals surface area contributed by atoms with Gasteiger partial charge in [0.2, 0.25) is 0 Å². The van der Waals surface area contributed by atoms with Gasteiger partial charge in [0.15, 0.2) is 5.78 Å². The number of para-hydroxylation sites is 1. The summed E-state index contributed by atoms with van der Waals surface area (Å²) in [5, 5.41) is 0. The highest BCUT2D eigenvalue weighted by Crippen LogP contribution is 2.21. The SMILES string of the molecule is C[SH](C)(=O)CC(=O)c1ccc(Oc2ccccc2)cc1. The Morgan fingerprint density at radius 1 is 0.950 bits per heavy atom. The van der Waals surface area contributed by atoms with Gasteiger partial charge >= 0.3 is 0 Å². The van der Waals surface area contributed by atoms with Gasteiger partial charge in [-0.1, -0.05) is 18.2 Å².